The van der Waals surface area contributed by atoms with E-state index in [1.807, 2.05) is 6.92 Å². The molecule has 2 aliphatic rings. The lowest BCUT2D eigenvalue weighted by molar-refractivity contribution is -0.135. The molecule has 1 aromatic rings. The van der Waals surface area contributed by atoms with Gasteiger partial charge in [-0.1, -0.05) is 6.92 Å². The summed E-state index contributed by atoms with van der Waals surface area (Å²) in [6, 6.07) is 0. The number of nitrogens with zero attached hydrogens (tertiary/aromatic N) is 3. The molecular formula is C14H20N4O3. The molecule has 0 bridgehead atoms. The van der Waals surface area contributed by atoms with Crippen molar-refractivity contribution in [3.05, 3.63) is 23.5 Å². The van der Waals surface area contributed by atoms with Crippen LogP contribution in [0.1, 0.15) is 37.5 Å². The topological polar surface area (TPSA) is 80.3 Å². The molecule has 0 unspecified atom stereocenters. The number of amides is 1. The van der Waals surface area contributed by atoms with E-state index in [9.17, 15) is 4.79 Å². The number of carbonyl (C=O) groups is 1. The van der Waals surface area contributed by atoms with Gasteiger partial charge >= 0.3 is 0 Å². The van der Waals surface area contributed by atoms with Crippen LogP contribution in [0.15, 0.2) is 11.8 Å². The highest BCUT2D eigenvalue weighted by Crippen LogP contribution is 2.22. The van der Waals surface area contributed by atoms with Crippen molar-refractivity contribution in [2.75, 3.05) is 26.3 Å². The smallest absolute Gasteiger partial charge is 0.253 e. The van der Waals surface area contributed by atoms with Crippen molar-refractivity contribution >= 4 is 5.91 Å². The van der Waals surface area contributed by atoms with Crippen molar-refractivity contribution in [1.29, 1.82) is 0 Å². The fourth-order valence-electron chi connectivity index (χ4n) is 2.53. The van der Waals surface area contributed by atoms with Crippen molar-refractivity contribution in [3.8, 4) is 0 Å². The van der Waals surface area contributed by atoms with E-state index in [1.165, 1.54) is 0 Å². The summed E-state index contributed by atoms with van der Waals surface area (Å²) in [7, 11) is 0. The molecule has 3 heterocycles. The first kappa shape index (κ1) is 14.1. The molecule has 1 fully saturated rings. The molecule has 0 spiro atoms. The van der Waals surface area contributed by atoms with Crippen molar-refractivity contribution < 1.29 is 14.3 Å². The maximum absolute atomic E-state index is 12.5. The molecule has 0 saturated carbocycles. The number of carbonyl (C=O) groups excluding carboxylic acids is 1. The number of hydrogen-bond donors (Lipinski definition) is 1. The quantitative estimate of drug-likeness (QED) is 0.897. The van der Waals surface area contributed by atoms with Crippen molar-refractivity contribution in [2.24, 2.45) is 0 Å². The van der Waals surface area contributed by atoms with E-state index in [0.717, 1.165) is 30.7 Å². The third-order valence-electron chi connectivity index (χ3n) is 3.73. The van der Waals surface area contributed by atoms with Gasteiger partial charge in [0.2, 0.25) is 0 Å². The van der Waals surface area contributed by atoms with E-state index in [2.05, 4.69) is 15.2 Å². The van der Waals surface area contributed by atoms with Gasteiger partial charge in [0.15, 0.2) is 5.82 Å². The Bertz CT molecular complexity index is 540. The number of rotatable bonds is 3. The number of aryl methyl sites for hydroxylation is 1. The van der Waals surface area contributed by atoms with Gasteiger partial charge in [0, 0.05) is 13.0 Å². The monoisotopic (exact) mass is 292 g/mol. The van der Waals surface area contributed by atoms with E-state index in [4.69, 9.17) is 9.47 Å². The maximum Gasteiger partial charge on any atom is 0.253 e. The number of hydrogen-bond acceptors (Lipinski definition) is 5. The van der Waals surface area contributed by atoms with Gasteiger partial charge < -0.3 is 14.4 Å². The summed E-state index contributed by atoms with van der Waals surface area (Å²) >= 11 is 0. The Labute approximate surface area is 123 Å². The number of nitrogens with one attached hydrogen (secondary N) is 1. The number of aromatic amines is 1. The molecule has 1 amide bonds. The molecule has 2 aliphatic heterocycles. The highest BCUT2D eigenvalue weighted by atomic mass is 16.5. The highest BCUT2D eigenvalue weighted by Gasteiger charge is 2.29. The molecule has 21 heavy (non-hydrogen) atoms. The average molecular weight is 292 g/mol. The second-order valence-electron chi connectivity index (χ2n) is 5.22. The van der Waals surface area contributed by atoms with E-state index in [1.54, 1.807) is 11.2 Å². The zero-order valence-electron chi connectivity index (χ0n) is 12.2. The summed E-state index contributed by atoms with van der Waals surface area (Å²) < 4.78 is 11.0. The molecule has 1 saturated heterocycles. The molecule has 0 aromatic carbocycles. The second kappa shape index (κ2) is 6.26. The first-order valence-electron chi connectivity index (χ1n) is 7.40. The van der Waals surface area contributed by atoms with E-state index < -0.39 is 0 Å². The molecule has 7 nitrogen and oxygen atoms in total. The Hall–Kier alpha value is -1.89. The van der Waals surface area contributed by atoms with Gasteiger partial charge in [0.05, 0.1) is 31.6 Å². The molecule has 3 rings (SSSR count). The number of morpholine rings is 1. The summed E-state index contributed by atoms with van der Waals surface area (Å²) in [5, 5.41) is 7.06. The second-order valence-corrected chi connectivity index (χ2v) is 5.22. The van der Waals surface area contributed by atoms with Crippen LogP contribution in [0, 0.1) is 0 Å². The van der Waals surface area contributed by atoms with Gasteiger partial charge in [-0.25, -0.2) is 4.98 Å². The van der Waals surface area contributed by atoms with Gasteiger partial charge in [0.1, 0.15) is 11.9 Å². The van der Waals surface area contributed by atoms with Gasteiger partial charge in [-0.3, -0.25) is 9.89 Å². The van der Waals surface area contributed by atoms with Crippen LogP contribution in [0.5, 0.6) is 0 Å². The first-order valence-corrected chi connectivity index (χ1v) is 7.40. The largest absolute Gasteiger partial charge is 0.501 e. The lowest BCUT2D eigenvalue weighted by atomic mass is 10.1. The minimum atomic E-state index is -0.260. The fourth-order valence-corrected chi connectivity index (χ4v) is 2.53. The lowest BCUT2D eigenvalue weighted by Crippen LogP contribution is -2.43. The number of aromatic nitrogens is 3. The summed E-state index contributed by atoms with van der Waals surface area (Å²) in [5.74, 6) is 1.49. The minimum Gasteiger partial charge on any atom is -0.501 e. The maximum atomic E-state index is 12.5. The molecule has 0 aliphatic carbocycles. The molecule has 114 valence electrons. The lowest BCUT2D eigenvalue weighted by Gasteiger charge is -2.32. The van der Waals surface area contributed by atoms with Gasteiger partial charge in [-0.05, 0) is 12.8 Å². The van der Waals surface area contributed by atoms with Crippen LogP contribution in [-0.4, -0.2) is 52.3 Å². The predicted octanol–water partition coefficient (Wildman–Crippen LogP) is 0.961. The summed E-state index contributed by atoms with van der Waals surface area (Å²) in [5.41, 5.74) is 0.742. The molecule has 0 radical (unpaired) electrons. The molecule has 7 heteroatoms. The predicted molar refractivity (Wildman–Crippen MR) is 74.3 cm³/mol. The van der Waals surface area contributed by atoms with Crippen molar-refractivity contribution in [3.63, 3.8) is 0 Å². The normalized spacial score (nSPS) is 22.6. The number of H-pyrrole nitrogens is 1. The Morgan fingerprint density at radius 2 is 2.43 bits per heavy atom. The van der Waals surface area contributed by atoms with E-state index >= 15 is 0 Å². The molecule has 1 N–H and O–H groups in total. The van der Waals surface area contributed by atoms with Crippen LogP contribution in [0.3, 0.4) is 0 Å². The van der Waals surface area contributed by atoms with Gasteiger partial charge in [-0.15, -0.1) is 0 Å². The van der Waals surface area contributed by atoms with Crippen LogP contribution in [0.25, 0.3) is 0 Å². The van der Waals surface area contributed by atoms with Crippen LogP contribution in [0.2, 0.25) is 0 Å². The van der Waals surface area contributed by atoms with Crippen LogP contribution in [-0.2, 0) is 20.7 Å². The van der Waals surface area contributed by atoms with Crippen LogP contribution < -0.4 is 0 Å². The third-order valence-corrected chi connectivity index (χ3v) is 3.73. The zero-order chi connectivity index (χ0) is 14.7. The first-order chi connectivity index (χ1) is 10.3. The average Bonchev–Trinajstić information content (AvgIpc) is 3.04. The summed E-state index contributed by atoms with van der Waals surface area (Å²) in [6.45, 7) is 4.28. The van der Waals surface area contributed by atoms with Crippen LogP contribution in [0.4, 0.5) is 0 Å². The Morgan fingerprint density at radius 1 is 1.52 bits per heavy atom. The minimum absolute atomic E-state index is 0.0363. The van der Waals surface area contributed by atoms with E-state index in [0.29, 0.717) is 32.1 Å². The molecule has 1 atom stereocenters. The summed E-state index contributed by atoms with van der Waals surface area (Å²) in [6.07, 6.45) is 3.81. The highest BCUT2D eigenvalue weighted by molar-refractivity contribution is 5.93. The van der Waals surface area contributed by atoms with E-state index in [-0.39, 0.29) is 12.0 Å². The molecule has 1 aromatic heterocycles. The standard InChI is InChI=1S/C14H20N4O3/c1-2-12-15-13(17-16-12)11-8-18(5-7-21-11)14(19)10-4-3-6-20-9-10/h9,11H,2-8H2,1H3,(H,15,16,17)/t11-/m1/s1. The third kappa shape index (κ3) is 3.07. The number of ether oxygens (including phenoxy) is 2. The zero-order valence-corrected chi connectivity index (χ0v) is 12.2. The van der Waals surface area contributed by atoms with Gasteiger partial charge in [0.25, 0.3) is 5.91 Å². The Morgan fingerprint density at radius 3 is 3.14 bits per heavy atom. The van der Waals surface area contributed by atoms with Gasteiger partial charge in [-0.2, -0.15) is 5.10 Å². The Balaban J connectivity index is 1.67. The summed E-state index contributed by atoms with van der Waals surface area (Å²) in [4.78, 5) is 18.7. The van der Waals surface area contributed by atoms with Crippen LogP contribution >= 0.6 is 0 Å². The van der Waals surface area contributed by atoms with Crippen molar-refractivity contribution in [1.82, 2.24) is 20.1 Å². The van der Waals surface area contributed by atoms with Crippen molar-refractivity contribution in [2.45, 2.75) is 32.3 Å². The molecular weight excluding hydrogens is 272 g/mol. The SMILES string of the molecule is CCc1nc([C@H]2CN(C(=O)C3=COCCC3)CCO2)n[nH]1. The Kier molecular flexibility index (Phi) is 4.19. The fraction of sp³-hybridized carbons (Fsp3) is 0.643.